The maximum absolute atomic E-state index is 13.1. The van der Waals surface area contributed by atoms with E-state index in [0.29, 0.717) is 30.3 Å². The van der Waals surface area contributed by atoms with Crippen LogP contribution in [-0.4, -0.2) is 53.5 Å². The average molecular weight is 432 g/mol. The van der Waals surface area contributed by atoms with Crippen LogP contribution in [0.1, 0.15) is 28.4 Å². The van der Waals surface area contributed by atoms with Crippen LogP contribution in [0.2, 0.25) is 0 Å². The van der Waals surface area contributed by atoms with Gasteiger partial charge >= 0.3 is 0 Å². The van der Waals surface area contributed by atoms with Gasteiger partial charge in [0.25, 0.3) is 5.91 Å². The molecule has 1 saturated heterocycles. The fraction of sp³-hybridized carbons (Fsp3) is 0.308. The number of pyridine rings is 1. The molecule has 1 aliphatic rings. The second-order valence-electron chi connectivity index (χ2n) is 7.79. The molecule has 0 spiro atoms. The maximum atomic E-state index is 13.1. The number of rotatable bonds is 8. The highest BCUT2D eigenvalue weighted by atomic mass is 16.5. The van der Waals surface area contributed by atoms with Crippen molar-refractivity contribution in [3.63, 3.8) is 0 Å². The molecule has 6 nitrogen and oxygen atoms in total. The van der Waals surface area contributed by atoms with Crippen LogP contribution in [0.25, 0.3) is 0 Å². The summed E-state index contributed by atoms with van der Waals surface area (Å²) >= 11 is 0. The van der Waals surface area contributed by atoms with Crippen LogP contribution in [0.3, 0.4) is 0 Å². The number of carbonyl (C=O) groups excluding carboxylic acids is 1. The largest absolute Gasteiger partial charge is 0.490 e. The van der Waals surface area contributed by atoms with Crippen LogP contribution in [-0.2, 0) is 13.2 Å². The monoisotopic (exact) mass is 431 g/mol. The first-order valence-corrected chi connectivity index (χ1v) is 11.1. The highest BCUT2D eigenvalue weighted by Crippen LogP contribution is 2.30. The molecule has 166 valence electrons. The fourth-order valence-corrected chi connectivity index (χ4v) is 3.80. The molecule has 1 amide bonds. The third-order valence-electron chi connectivity index (χ3n) is 5.54. The molecule has 3 aromatic rings. The number of carbonyl (C=O) groups is 1. The van der Waals surface area contributed by atoms with Crippen LogP contribution in [0.5, 0.6) is 11.5 Å². The van der Waals surface area contributed by atoms with Gasteiger partial charge in [0.2, 0.25) is 0 Å². The van der Waals surface area contributed by atoms with Crippen molar-refractivity contribution >= 4 is 5.91 Å². The van der Waals surface area contributed by atoms with Crippen molar-refractivity contribution in [2.45, 2.75) is 20.1 Å². The van der Waals surface area contributed by atoms with Crippen molar-refractivity contribution in [2.24, 2.45) is 0 Å². The van der Waals surface area contributed by atoms with Crippen LogP contribution in [0, 0.1) is 0 Å². The predicted octanol–water partition coefficient (Wildman–Crippen LogP) is 4.02. The number of piperazine rings is 1. The Balaban J connectivity index is 1.37. The van der Waals surface area contributed by atoms with Crippen molar-refractivity contribution < 1.29 is 14.3 Å². The zero-order chi connectivity index (χ0) is 22.2. The quantitative estimate of drug-likeness (QED) is 0.539. The normalized spacial score (nSPS) is 14.2. The number of hydrogen-bond donors (Lipinski definition) is 0. The van der Waals surface area contributed by atoms with Crippen LogP contribution in [0.4, 0.5) is 0 Å². The molecule has 2 heterocycles. The van der Waals surface area contributed by atoms with E-state index >= 15 is 0 Å². The standard InChI is InChI=1S/C26H29N3O3/c1-2-31-25-18-23(8-9-24(25)32-20-22-10-12-27-13-11-22)26(30)29-16-14-28(15-17-29)19-21-6-4-3-5-7-21/h3-13,18H,2,14-17,19-20H2,1H3. The molecule has 32 heavy (non-hydrogen) atoms. The summed E-state index contributed by atoms with van der Waals surface area (Å²) in [4.78, 5) is 21.4. The van der Waals surface area contributed by atoms with Gasteiger partial charge in [0.05, 0.1) is 6.61 Å². The molecule has 1 fully saturated rings. The van der Waals surface area contributed by atoms with E-state index in [1.54, 1.807) is 18.5 Å². The minimum atomic E-state index is 0.0333. The van der Waals surface area contributed by atoms with Crippen LogP contribution in [0.15, 0.2) is 73.1 Å². The number of nitrogens with zero attached hydrogens (tertiary/aromatic N) is 3. The Bertz CT molecular complexity index is 1000. The first-order valence-electron chi connectivity index (χ1n) is 11.1. The van der Waals surface area contributed by atoms with E-state index in [1.807, 2.05) is 42.2 Å². The summed E-state index contributed by atoms with van der Waals surface area (Å²) in [6, 6.07) is 19.7. The van der Waals surface area contributed by atoms with Gasteiger partial charge in [0, 0.05) is 50.7 Å². The van der Waals surface area contributed by atoms with Gasteiger partial charge < -0.3 is 14.4 Å². The highest BCUT2D eigenvalue weighted by molar-refractivity contribution is 5.95. The van der Waals surface area contributed by atoms with Gasteiger partial charge in [-0.25, -0.2) is 0 Å². The van der Waals surface area contributed by atoms with Gasteiger partial charge in [0.1, 0.15) is 6.61 Å². The smallest absolute Gasteiger partial charge is 0.254 e. The van der Waals surface area contributed by atoms with E-state index in [-0.39, 0.29) is 5.91 Å². The topological polar surface area (TPSA) is 54.9 Å². The van der Waals surface area contributed by atoms with E-state index in [2.05, 4.69) is 34.1 Å². The number of amides is 1. The summed E-state index contributed by atoms with van der Waals surface area (Å²) in [5.41, 5.74) is 2.95. The lowest BCUT2D eigenvalue weighted by atomic mass is 10.1. The lowest BCUT2D eigenvalue weighted by Gasteiger charge is -2.34. The minimum absolute atomic E-state index is 0.0333. The number of ether oxygens (including phenoxy) is 2. The van der Waals surface area contributed by atoms with Gasteiger partial charge in [-0.05, 0) is 48.4 Å². The van der Waals surface area contributed by atoms with Crippen molar-refractivity contribution in [3.05, 3.63) is 89.7 Å². The molecule has 0 unspecified atom stereocenters. The zero-order valence-corrected chi connectivity index (χ0v) is 18.4. The Labute approximate surface area is 189 Å². The Morgan fingerprint density at radius 1 is 0.875 bits per heavy atom. The summed E-state index contributed by atoms with van der Waals surface area (Å²) in [7, 11) is 0. The minimum Gasteiger partial charge on any atom is -0.490 e. The SMILES string of the molecule is CCOc1cc(C(=O)N2CCN(Cc3ccccc3)CC2)ccc1OCc1ccncc1. The second-order valence-corrected chi connectivity index (χ2v) is 7.79. The van der Waals surface area contributed by atoms with E-state index in [1.165, 1.54) is 5.56 Å². The maximum Gasteiger partial charge on any atom is 0.254 e. The van der Waals surface area contributed by atoms with E-state index < -0.39 is 0 Å². The summed E-state index contributed by atoms with van der Waals surface area (Å²) < 4.78 is 11.7. The molecule has 0 radical (unpaired) electrons. The molecule has 0 N–H and O–H groups in total. The third-order valence-corrected chi connectivity index (χ3v) is 5.54. The van der Waals surface area contributed by atoms with Gasteiger partial charge in [-0.2, -0.15) is 0 Å². The lowest BCUT2D eigenvalue weighted by Crippen LogP contribution is -2.48. The van der Waals surface area contributed by atoms with Crippen molar-refractivity contribution in [1.29, 1.82) is 0 Å². The molecular weight excluding hydrogens is 402 g/mol. The van der Waals surface area contributed by atoms with Crippen molar-refractivity contribution in [1.82, 2.24) is 14.8 Å². The molecular formula is C26H29N3O3. The first kappa shape index (κ1) is 21.8. The molecule has 0 saturated carbocycles. The zero-order valence-electron chi connectivity index (χ0n) is 18.4. The molecule has 4 rings (SSSR count). The molecule has 6 heteroatoms. The molecule has 1 aromatic heterocycles. The molecule has 0 aliphatic carbocycles. The van der Waals surface area contributed by atoms with Crippen molar-refractivity contribution in [3.8, 4) is 11.5 Å². The fourth-order valence-electron chi connectivity index (χ4n) is 3.80. The summed E-state index contributed by atoms with van der Waals surface area (Å²) in [5.74, 6) is 1.26. The van der Waals surface area contributed by atoms with E-state index in [0.717, 1.165) is 38.3 Å². The predicted molar refractivity (Wildman–Crippen MR) is 124 cm³/mol. The Morgan fingerprint density at radius 2 is 1.62 bits per heavy atom. The first-order chi connectivity index (χ1) is 15.7. The summed E-state index contributed by atoms with van der Waals surface area (Å²) in [6.07, 6.45) is 3.48. The Kier molecular flexibility index (Phi) is 7.35. The lowest BCUT2D eigenvalue weighted by molar-refractivity contribution is 0.0628. The number of aromatic nitrogens is 1. The van der Waals surface area contributed by atoms with Crippen LogP contribution >= 0.6 is 0 Å². The molecule has 2 aromatic carbocycles. The molecule has 0 bridgehead atoms. The Hall–Kier alpha value is -3.38. The van der Waals surface area contributed by atoms with Crippen molar-refractivity contribution in [2.75, 3.05) is 32.8 Å². The summed E-state index contributed by atoms with van der Waals surface area (Å²) in [5, 5.41) is 0. The van der Waals surface area contributed by atoms with Gasteiger partial charge in [-0.3, -0.25) is 14.7 Å². The van der Waals surface area contributed by atoms with E-state index in [4.69, 9.17) is 9.47 Å². The highest BCUT2D eigenvalue weighted by Gasteiger charge is 2.23. The number of hydrogen-bond acceptors (Lipinski definition) is 5. The third kappa shape index (κ3) is 5.65. The second kappa shape index (κ2) is 10.8. The van der Waals surface area contributed by atoms with Gasteiger partial charge in [-0.15, -0.1) is 0 Å². The Morgan fingerprint density at radius 3 is 2.34 bits per heavy atom. The van der Waals surface area contributed by atoms with Gasteiger partial charge in [0.15, 0.2) is 11.5 Å². The molecule has 1 aliphatic heterocycles. The number of benzene rings is 2. The summed E-state index contributed by atoms with van der Waals surface area (Å²) in [6.45, 7) is 6.93. The van der Waals surface area contributed by atoms with Gasteiger partial charge in [-0.1, -0.05) is 30.3 Å². The van der Waals surface area contributed by atoms with Crippen LogP contribution < -0.4 is 9.47 Å². The molecule has 0 atom stereocenters. The van der Waals surface area contributed by atoms with E-state index in [9.17, 15) is 4.79 Å². The average Bonchev–Trinajstić information content (AvgIpc) is 2.85.